The number of nitrogens with zero attached hydrogens (tertiary/aromatic N) is 1. The molecular formula is C10H16N4O5S2. The van der Waals surface area contributed by atoms with Gasteiger partial charge in [0.1, 0.15) is 4.21 Å². The summed E-state index contributed by atoms with van der Waals surface area (Å²) in [4.78, 5) is 10.1. The van der Waals surface area contributed by atoms with Crippen LogP contribution in [0, 0.1) is 16.0 Å². The molecule has 1 saturated heterocycles. The molecule has 2 heterocycles. The molecule has 0 radical (unpaired) electrons. The van der Waals surface area contributed by atoms with E-state index in [9.17, 15) is 18.5 Å². The summed E-state index contributed by atoms with van der Waals surface area (Å²) in [5.41, 5.74) is 1.78. The highest BCUT2D eigenvalue weighted by Crippen LogP contribution is 2.36. The van der Waals surface area contributed by atoms with Crippen molar-refractivity contribution in [2.75, 3.05) is 25.2 Å². The number of sulfonamides is 1. The van der Waals surface area contributed by atoms with Gasteiger partial charge in [-0.3, -0.25) is 10.1 Å². The lowest BCUT2D eigenvalue weighted by Crippen LogP contribution is -2.32. The fraction of sp³-hybridized carbons (Fsp3) is 0.600. The molecule has 21 heavy (non-hydrogen) atoms. The summed E-state index contributed by atoms with van der Waals surface area (Å²) in [7, 11) is -3.79. The number of nitro groups is 1. The van der Waals surface area contributed by atoms with E-state index in [2.05, 4.69) is 10.1 Å². The Bertz CT molecular complexity index is 609. The molecule has 1 aliphatic rings. The first kappa shape index (κ1) is 16.1. The van der Waals surface area contributed by atoms with Crippen molar-refractivity contribution in [2.24, 2.45) is 11.8 Å². The van der Waals surface area contributed by atoms with Gasteiger partial charge in [-0.2, -0.15) is 0 Å². The van der Waals surface area contributed by atoms with Gasteiger partial charge >= 0.3 is 5.69 Å². The second-order valence-electron chi connectivity index (χ2n) is 4.62. The lowest BCUT2D eigenvalue weighted by Gasteiger charge is -2.21. The first-order valence-electron chi connectivity index (χ1n) is 6.26. The molecule has 0 amide bonds. The first-order chi connectivity index (χ1) is 9.94. The lowest BCUT2D eigenvalue weighted by atomic mass is 10.0. The van der Waals surface area contributed by atoms with Crippen LogP contribution in [0.5, 0.6) is 0 Å². The van der Waals surface area contributed by atoms with Gasteiger partial charge in [-0.1, -0.05) is 11.3 Å². The molecule has 2 rings (SSSR count). The van der Waals surface area contributed by atoms with E-state index in [0.29, 0.717) is 13.2 Å². The number of anilines is 1. The highest BCUT2D eigenvalue weighted by atomic mass is 32.2. The topological polar surface area (TPSA) is 137 Å². The number of rotatable bonds is 6. The van der Waals surface area contributed by atoms with Crippen molar-refractivity contribution in [1.82, 2.24) is 4.72 Å². The molecule has 4 N–H and O–H groups in total. The molecule has 1 unspecified atom stereocenters. The van der Waals surface area contributed by atoms with Crippen molar-refractivity contribution < 1.29 is 18.1 Å². The Kier molecular flexibility index (Phi) is 5.11. The zero-order valence-corrected chi connectivity index (χ0v) is 12.7. The summed E-state index contributed by atoms with van der Waals surface area (Å²) in [6, 6.07) is 1.000. The van der Waals surface area contributed by atoms with Crippen LogP contribution in [0.25, 0.3) is 0 Å². The number of hydrogen-bond donors (Lipinski definition) is 3. The van der Waals surface area contributed by atoms with Crippen LogP contribution in [0.3, 0.4) is 0 Å². The van der Waals surface area contributed by atoms with E-state index in [1.807, 2.05) is 0 Å². The van der Waals surface area contributed by atoms with E-state index in [0.717, 1.165) is 30.2 Å². The van der Waals surface area contributed by atoms with Gasteiger partial charge in [0.25, 0.3) is 0 Å². The van der Waals surface area contributed by atoms with E-state index >= 15 is 0 Å². The number of ether oxygens (including phenoxy) is 1. The molecular weight excluding hydrogens is 320 g/mol. The van der Waals surface area contributed by atoms with Crippen molar-refractivity contribution in [2.45, 2.75) is 17.1 Å². The van der Waals surface area contributed by atoms with Gasteiger partial charge in [0.2, 0.25) is 10.0 Å². The third-order valence-corrected chi connectivity index (χ3v) is 6.05. The molecule has 0 aromatic carbocycles. The molecule has 1 fully saturated rings. The van der Waals surface area contributed by atoms with Gasteiger partial charge in [-0.25, -0.2) is 19.0 Å². The molecule has 0 saturated carbocycles. The number of nitrogen functional groups attached to an aromatic ring is 1. The minimum Gasteiger partial charge on any atom is -0.381 e. The summed E-state index contributed by atoms with van der Waals surface area (Å²) in [5.74, 6) is 5.28. The molecule has 9 nitrogen and oxygen atoms in total. The summed E-state index contributed by atoms with van der Waals surface area (Å²) in [6.45, 7) is 1.47. The number of nitrogens with one attached hydrogen (secondary N) is 2. The van der Waals surface area contributed by atoms with Crippen LogP contribution >= 0.6 is 11.3 Å². The molecule has 1 aromatic rings. The van der Waals surface area contributed by atoms with Crippen LogP contribution in [-0.2, 0) is 14.8 Å². The average Bonchev–Trinajstić information content (AvgIpc) is 2.92. The highest BCUT2D eigenvalue weighted by Gasteiger charge is 2.26. The molecule has 0 aliphatic carbocycles. The Balaban J connectivity index is 2.09. The van der Waals surface area contributed by atoms with Gasteiger partial charge < -0.3 is 10.2 Å². The number of hydrazine groups is 1. The van der Waals surface area contributed by atoms with E-state index in [4.69, 9.17) is 10.6 Å². The van der Waals surface area contributed by atoms with E-state index in [1.54, 1.807) is 0 Å². The van der Waals surface area contributed by atoms with Gasteiger partial charge in [0.15, 0.2) is 5.00 Å². The Morgan fingerprint density at radius 2 is 2.33 bits per heavy atom. The zero-order valence-electron chi connectivity index (χ0n) is 11.1. The monoisotopic (exact) mass is 336 g/mol. The summed E-state index contributed by atoms with van der Waals surface area (Å²) >= 11 is 0.722. The second kappa shape index (κ2) is 6.66. The van der Waals surface area contributed by atoms with Gasteiger partial charge in [-0.05, 0) is 18.8 Å². The normalized spacial score (nSPS) is 19.4. The van der Waals surface area contributed by atoms with E-state index in [-0.39, 0.29) is 27.4 Å². The summed E-state index contributed by atoms with van der Waals surface area (Å²) in [6.07, 6.45) is 1.79. The predicted octanol–water partition coefficient (Wildman–Crippen LogP) is 0.647. The number of hydrogen-bond acceptors (Lipinski definition) is 8. The standard InChI is InChI=1S/C10H16N4O5S2/c11-13-10-8(14(15)16)4-9(20-10)21(17,18)12-5-7-2-1-3-19-6-7/h4,7,12-13H,1-3,5-6,11H2. The van der Waals surface area contributed by atoms with Crippen LogP contribution < -0.4 is 16.0 Å². The van der Waals surface area contributed by atoms with Crippen LogP contribution in [0.15, 0.2) is 10.3 Å². The summed E-state index contributed by atoms with van der Waals surface area (Å²) in [5, 5.41) is 10.8. The van der Waals surface area contributed by atoms with Crippen molar-refractivity contribution in [3.8, 4) is 0 Å². The molecule has 1 aliphatic heterocycles. The molecule has 1 aromatic heterocycles. The van der Waals surface area contributed by atoms with Crippen molar-refractivity contribution >= 4 is 32.0 Å². The Morgan fingerprint density at radius 3 is 2.86 bits per heavy atom. The third-order valence-electron chi connectivity index (χ3n) is 3.10. The predicted molar refractivity (Wildman–Crippen MR) is 77.5 cm³/mol. The quantitative estimate of drug-likeness (QED) is 0.394. The van der Waals surface area contributed by atoms with Crippen molar-refractivity contribution in [3.05, 3.63) is 16.2 Å². The Labute approximate surface area is 125 Å². The van der Waals surface area contributed by atoms with Gasteiger partial charge in [0.05, 0.1) is 11.5 Å². The van der Waals surface area contributed by atoms with E-state index in [1.165, 1.54) is 0 Å². The SMILES string of the molecule is NNc1sc(S(=O)(=O)NCC2CCCOC2)cc1[N+](=O)[O-]. The number of nitrogens with two attached hydrogens (primary N) is 1. The summed E-state index contributed by atoms with van der Waals surface area (Å²) < 4.78 is 31.9. The molecule has 1 atom stereocenters. The van der Waals surface area contributed by atoms with Gasteiger partial charge in [-0.15, -0.1) is 0 Å². The molecule has 11 heteroatoms. The van der Waals surface area contributed by atoms with Crippen LogP contribution in [0.4, 0.5) is 10.7 Å². The molecule has 0 spiro atoms. The maximum absolute atomic E-state index is 12.1. The number of thiophene rings is 1. The largest absolute Gasteiger partial charge is 0.381 e. The van der Waals surface area contributed by atoms with Crippen molar-refractivity contribution in [3.63, 3.8) is 0 Å². The smallest absolute Gasteiger partial charge is 0.306 e. The third kappa shape index (κ3) is 3.89. The van der Waals surface area contributed by atoms with Crippen molar-refractivity contribution in [1.29, 1.82) is 0 Å². The Morgan fingerprint density at radius 1 is 1.57 bits per heavy atom. The Hall–Kier alpha value is -1.27. The van der Waals surface area contributed by atoms with Gasteiger partial charge in [0, 0.05) is 19.2 Å². The maximum atomic E-state index is 12.1. The average molecular weight is 336 g/mol. The minimum absolute atomic E-state index is 0.00127. The van der Waals surface area contributed by atoms with E-state index < -0.39 is 14.9 Å². The maximum Gasteiger partial charge on any atom is 0.306 e. The lowest BCUT2D eigenvalue weighted by molar-refractivity contribution is -0.383. The highest BCUT2D eigenvalue weighted by molar-refractivity contribution is 7.91. The molecule has 0 bridgehead atoms. The fourth-order valence-corrected chi connectivity index (χ4v) is 4.40. The molecule has 118 valence electrons. The fourth-order valence-electron chi connectivity index (χ4n) is 2.00. The second-order valence-corrected chi connectivity index (χ2v) is 7.66. The minimum atomic E-state index is -3.79. The van der Waals surface area contributed by atoms with Crippen LogP contribution in [-0.4, -0.2) is 33.1 Å². The van der Waals surface area contributed by atoms with Crippen LogP contribution in [0.1, 0.15) is 12.8 Å². The van der Waals surface area contributed by atoms with Crippen LogP contribution in [0.2, 0.25) is 0 Å². The zero-order chi connectivity index (χ0) is 15.5. The first-order valence-corrected chi connectivity index (χ1v) is 8.56.